The fourth-order valence-electron chi connectivity index (χ4n) is 3.55. The molecule has 0 atom stereocenters. The number of nitrogens with zero attached hydrogens (tertiary/aromatic N) is 5. The van der Waals surface area contributed by atoms with Crippen LogP contribution in [0, 0.1) is 11.3 Å². The lowest BCUT2D eigenvalue weighted by Crippen LogP contribution is -2.14. The molecule has 31 heavy (non-hydrogen) atoms. The number of hydrogen-bond donors (Lipinski definition) is 1. The molecule has 1 aromatic carbocycles. The number of aromatic amines is 1. The van der Waals surface area contributed by atoms with E-state index >= 15 is 0 Å². The van der Waals surface area contributed by atoms with Gasteiger partial charge in [-0.25, -0.2) is 4.98 Å². The zero-order chi connectivity index (χ0) is 22.6. The third-order valence-corrected chi connectivity index (χ3v) is 4.97. The van der Waals surface area contributed by atoms with Gasteiger partial charge >= 0.3 is 6.18 Å². The van der Waals surface area contributed by atoms with Crippen molar-refractivity contribution in [3.05, 3.63) is 53.3 Å². The molecule has 158 valence electrons. The number of alkyl halides is 3. The predicted octanol–water partition coefficient (Wildman–Crippen LogP) is 5.21. The Labute approximate surface area is 176 Å². The minimum absolute atomic E-state index is 0.0188. The third kappa shape index (κ3) is 3.54. The molecule has 0 radical (unpaired) electrons. The third-order valence-electron chi connectivity index (χ3n) is 4.97. The molecule has 0 spiro atoms. The summed E-state index contributed by atoms with van der Waals surface area (Å²) in [5.41, 5.74) is 1.60. The van der Waals surface area contributed by atoms with Crippen LogP contribution in [0.5, 0.6) is 0 Å². The Morgan fingerprint density at radius 3 is 2.48 bits per heavy atom. The smallest absolute Gasteiger partial charge is 0.335 e. The number of nitrogens with one attached hydrogen (secondary N) is 1. The summed E-state index contributed by atoms with van der Waals surface area (Å²) >= 11 is 0. The number of aryl methyl sites for hydroxylation is 1. The van der Waals surface area contributed by atoms with E-state index in [0.29, 0.717) is 33.8 Å². The molecule has 0 bridgehead atoms. The lowest BCUT2D eigenvalue weighted by molar-refractivity contribution is -0.137. The number of hydrogen-bond acceptors (Lipinski definition) is 4. The molecule has 0 saturated heterocycles. The van der Waals surface area contributed by atoms with Crippen molar-refractivity contribution in [2.24, 2.45) is 7.05 Å². The molecule has 0 fully saturated rings. The van der Waals surface area contributed by atoms with Gasteiger partial charge in [-0.3, -0.25) is 9.67 Å². The maximum absolute atomic E-state index is 13.4. The number of nitriles is 1. The molecule has 4 aromatic rings. The van der Waals surface area contributed by atoms with Gasteiger partial charge in [-0.05, 0) is 12.1 Å². The number of rotatable bonds is 2. The normalized spacial score (nSPS) is 12.3. The van der Waals surface area contributed by atoms with E-state index in [1.165, 1.54) is 30.5 Å². The number of aromatic nitrogens is 5. The van der Waals surface area contributed by atoms with Crippen LogP contribution in [-0.2, 0) is 18.6 Å². The van der Waals surface area contributed by atoms with E-state index in [1.807, 2.05) is 20.8 Å². The average Bonchev–Trinajstić information content (AvgIpc) is 3.26. The van der Waals surface area contributed by atoms with Gasteiger partial charge in [-0.1, -0.05) is 39.0 Å². The molecule has 1 N–H and O–H groups in total. The first-order chi connectivity index (χ1) is 14.5. The summed E-state index contributed by atoms with van der Waals surface area (Å²) in [5.74, 6) is 0.403. The molecular weight excluding hydrogens is 405 g/mol. The zero-order valence-corrected chi connectivity index (χ0v) is 17.3. The van der Waals surface area contributed by atoms with Gasteiger partial charge in [0.2, 0.25) is 0 Å². The maximum Gasteiger partial charge on any atom is 0.417 e. The van der Waals surface area contributed by atoms with Crippen LogP contribution in [0.2, 0.25) is 0 Å². The summed E-state index contributed by atoms with van der Waals surface area (Å²) in [7, 11) is 1.72. The van der Waals surface area contributed by atoms with Gasteiger partial charge in [0.1, 0.15) is 17.3 Å². The SMILES string of the molecule is Cn1nc(C(C)(C)C)c(C#N)c1-c1nc2cc(-c3ccccc3C(F)(F)F)ncc2[nH]1. The monoisotopic (exact) mass is 424 g/mol. The van der Waals surface area contributed by atoms with E-state index in [0.717, 1.165) is 6.07 Å². The summed E-state index contributed by atoms with van der Waals surface area (Å²) in [6.45, 7) is 5.90. The minimum Gasteiger partial charge on any atom is -0.335 e. The van der Waals surface area contributed by atoms with Crippen molar-refractivity contribution in [1.82, 2.24) is 24.7 Å². The molecule has 4 rings (SSSR count). The van der Waals surface area contributed by atoms with Crippen LogP contribution in [0.25, 0.3) is 33.8 Å². The Hall–Kier alpha value is -3.67. The Bertz CT molecular complexity index is 1330. The highest BCUT2D eigenvalue weighted by molar-refractivity contribution is 5.83. The molecule has 0 amide bonds. The molecule has 0 aliphatic carbocycles. The Morgan fingerprint density at radius 1 is 1.13 bits per heavy atom. The first-order valence-corrected chi connectivity index (χ1v) is 9.51. The Balaban J connectivity index is 1.87. The first-order valence-electron chi connectivity index (χ1n) is 9.51. The van der Waals surface area contributed by atoms with Crippen LogP contribution in [-0.4, -0.2) is 24.7 Å². The fraction of sp³-hybridized carbons (Fsp3) is 0.273. The van der Waals surface area contributed by atoms with Crippen molar-refractivity contribution in [3.8, 4) is 28.8 Å². The number of imidazole rings is 1. The molecule has 3 aromatic heterocycles. The second-order valence-electron chi connectivity index (χ2n) is 8.27. The van der Waals surface area contributed by atoms with Crippen molar-refractivity contribution >= 4 is 11.0 Å². The van der Waals surface area contributed by atoms with Crippen molar-refractivity contribution in [2.45, 2.75) is 32.4 Å². The zero-order valence-electron chi connectivity index (χ0n) is 17.3. The van der Waals surface area contributed by atoms with Crippen LogP contribution >= 0.6 is 0 Å². The average molecular weight is 424 g/mol. The number of H-pyrrole nitrogens is 1. The van der Waals surface area contributed by atoms with Gasteiger partial charge < -0.3 is 4.98 Å². The van der Waals surface area contributed by atoms with Crippen molar-refractivity contribution < 1.29 is 13.2 Å². The molecule has 0 saturated carbocycles. The van der Waals surface area contributed by atoms with Gasteiger partial charge in [0.25, 0.3) is 0 Å². The van der Waals surface area contributed by atoms with Crippen LogP contribution in [0.1, 0.15) is 37.6 Å². The quantitative estimate of drug-likeness (QED) is 0.479. The first kappa shape index (κ1) is 20.6. The predicted molar refractivity (Wildman–Crippen MR) is 110 cm³/mol. The van der Waals surface area contributed by atoms with Crippen molar-refractivity contribution in [3.63, 3.8) is 0 Å². The van der Waals surface area contributed by atoms with Crippen molar-refractivity contribution in [2.75, 3.05) is 0 Å². The van der Waals surface area contributed by atoms with Crippen LogP contribution < -0.4 is 0 Å². The van der Waals surface area contributed by atoms with Crippen LogP contribution in [0.4, 0.5) is 13.2 Å². The molecule has 0 aliphatic heterocycles. The van der Waals surface area contributed by atoms with Crippen LogP contribution in [0.15, 0.2) is 36.5 Å². The van der Waals surface area contributed by atoms with E-state index < -0.39 is 11.7 Å². The summed E-state index contributed by atoms with van der Waals surface area (Å²) in [4.78, 5) is 11.9. The molecule has 6 nitrogen and oxygen atoms in total. The number of halogens is 3. The highest BCUT2D eigenvalue weighted by Gasteiger charge is 2.34. The highest BCUT2D eigenvalue weighted by Crippen LogP contribution is 2.37. The lowest BCUT2D eigenvalue weighted by Gasteiger charge is -2.15. The summed E-state index contributed by atoms with van der Waals surface area (Å²) in [6, 6.07) is 9.01. The fourth-order valence-corrected chi connectivity index (χ4v) is 3.55. The topological polar surface area (TPSA) is 83.2 Å². The second kappa shape index (κ2) is 6.94. The van der Waals surface area contributed by atoms with Gasteiger partial charge in [-0.15, -0.1) is 0 Å². The largest absolute Gasteiger partial charge is 0.417 e. The molecule has 9 heteroatoms. The van der Waals surface area contributed by atoms with Crippen LogP contribution in [0.3, 0.4) is 0 Å². The molecule has 0 unspecified atom stereocenters. The van der Waals surface area contributed by atoms with E-state index in [2.05, 4.69) is 26.1 Å². The number of benzene rings is 1. The van der Waals surface area contributed by atoms with Gasteiger partial charge in [0, 0.05) is 18.0 Å². The van der Waals surface area contributed by atoms with Gasteiger partial charge in [0.15, 0.2) is 5.82 Å². The minimum atomic E-state index is -4.50. The number of fused-ring (bicyclic) bond motifs is 1. The lowest BCUT2D eigenvalue weighted by atomic mass is 9.89. The summed E-state index contributed by atoms with van der Waals surface area (Å²) < 4.78 is 41.8. The van der Waals surface area contributed by atoms with E-state index in [1.54, 1.807) is 11.7 Å². The molecule has 3 heterocycles. The molecular formula is C22H19F3N6. The summed E-state index contributed by atoms with van der Waals surface area (Å²) in [5, 5.41) is 14.2. The highest BCUT2D eigenvalue weighted by atomic mass is 19.4. The van der Waals surface area contributed by atoms with E-state index in [-0.39, 0.29) is 16.7 Å². The molecule has 0 aliphatic rings. The number of pyridine rings is 1. The van der Waals surface area contributed by atoms with Gasteiger partial charge in [-0.2, -0.15) is 23.5 Å². The standard InChI is InChI=1S/C22H19F3N6/c1-21(2,3)19-13(10-26)18(31(4)30-19)20-28-16-9-15(27-11-17(16)29-20)12-7-5-6-8-14(12)22(23,24)25/h5-9,11H,1-4H3,(H,28,29). The van der Waals surface area contributed by atoms with E-state index in [9.17, 15) is 18.4 Å². The summed E-state index contributed by atoms with van der Waals surface area (Å²) in [6.07, 6.45) is -3.05. The Kier molecular flexibility index (Phi) is 4.61. The van der Waals surface area contributed by atoms with Crippen molar-refractivity contribution in [1.29, 1.82) is 5.26 Å². The second-order valence-corrected chi connectivity index (χ2v) is 8.27. The van der Waals surface area contributed by atoms with E-state index in [4.69, 9.17) is 0 Å². The van der Waals surface area contributed by atoms with Gasteiger partial charge in [0.05, 0.1) is 34.2 Å². The Morgan fingerprint density at radius 2 is 1.84 bits per heavy atom. The maximum atomic E-state index is 13.4.